The number of nitrogens with zero attached hydrogens (tertiary/aromatic N) is 2. The molecule has 0 aliphatic carbocycles. The van der Waals surface area contributed by atoms with Crippen LogP contribution in [0.3, 0.4) is 0 Å². The van der Waals surface area contributed by atoms with Gasteiger partial charge in [0.2, 0.25) is 0 Å². The molecule has 1 aliphatic heterocycles. The zero-order valence-corrected chi connectivity index (χ0v) is 17.7. The molecule has 4 rings (SSSR count). The third-order valence-corrected chi connectivity index (χ3v) is 5.39. The number of likely N-dealkylation sites (tertiary alicyclic amines) is 1. The highest BCUT2D eigenvalue weighted by Gasteiger charge is 2.46. The Kier molecular flexibility index (Phi) is 5.89. The minimum absolute atomic E-state index is 0.00426. The standard InChI is InChI=1S/C25H22N2O5/c1-31-18-9-5-7-16(13-18)15-27-22(17-8-6-12-26-14-17)21(24(29)25(27)30)23(28)19-10-3-4-11-20(19)32-2/h3-14,22,28H,15H2,1-2H3/b23-21-. The van der Waals surface area contributed by atoms with Gasteiger partial charge in [0.05, 0.1) is 31.4 Å². The molecule has 0 radical (unpaired) electrons. The van der Waals surface area contributed by atoms with E-state index in [1.165, 1.54) is 12.0 Å². The number of ether oxygens (including phenoxy) is 2. The number of carbonyl (C=O) groups is 2. The van der Waals surface area contributed by atoms with E-state index in [-0.39, 0.29) is 17.9 Å². The van der Waals surface area contributed by atoms with Crippen molar-refractivity contribution in [3.63, 3.8) is 0 Å². The van der Waals surface area contributed by atoms with Crippen LogP contribution in [0.1, 0.15) is 22.7 Å². The molecule has 1 atom stereocenters. The molecule has 1 amide bonds. The highest BCUT2D eigenvalue weighted by Crippen LogP contribution is 2.41. The monoisotopic (exact) mass is 430 g/mol. The Morgan fingerprint density at radius 3 is 2.56 bits per heavy atom. The number of methoxy groups -OCH3 is 2. The summed E-state index contributed by atoms with van der Waals surface area (Å²) in [4.78, 5) is 31.8. The minimum Gasteiger partial charge on any atom is -0.507 e. The molecule has 162 valence electrons. The molecular formula is C25H22N2O5. The lowest BCUT2D eigenvalue weighted by Gasteiger charge is -2.25. The fourth-order valence-corrected chi connectivity index (χ4v) is 3.88. The topological polar surface area (TPSA) is 89.0 Å². The predicted molar refractivity (Wildman–Crippen MR) is 118 cm³/mol. The van der Waals surface area contributed by atoms with E-state index in [1.54, 1.807) is 68.0 Å². The number of amides is 1. The Balaban J connectivity index is 1.86. The number of hydrogen-bond acceptors (Lipinski definition) is 6. The maximum Gasteiger partial charge on any atom is 0.295 e. The van der Waals surface area contributed by atoms with Crippen molar-refractivity contribution in [1.29, 1.82) is 0 Å². The summed E-state index contributed by atoms with van der Waals surface area (Å²) in [5.74, 6) is -0.703. The number of aliphatic hydroxyl groups is 1. The van der Waals surface area contributed by atoms with Gasteiger partial charge in [0.25, 0.3) is 11.7 Å². The van der Waals surface area contributed by atoms with Crippen molar-refractivity contribution < 1.29 is 24.2 Å². The van der Waals surface area contributed by atoms with Gasteiger partial charge in [-0.15, -0.1) is 0 Å². The van der Waals surface area contributed by atoms with Crippen molar-refractivity contribution in [3.8, 4) is 11.5 Å². The number of carbonyl (C=O) groups excluding carboxylic acids is 2. The first kappa shape index (κ1) is 21.1. The number of rotatable bonds is 6. The van der Waals surface area contributed by atoms with Crippen molar-refractivity contribution >= 4 is 17.4 Å². The average molecular weight is 430 g/mol. The maximum atomic E-state index is 13.1. The number of aromatic nitrogens is 1. The second kappa shape index (κ2) is 8.93. The lowest BCUT2D eigenvalue weighted by atomic mass is 9.96. The highest BCUT2D eigenvalue weighted by atomic mass is 16.5. The molecule has 1 fully saturated rings. The smallest absolute Gasteiger partial charge is 0.295 e. The molecule has 2 heterocycles. The number of hydrogen-bond donors (Lipinski definition) is 1. The van der Waals surface area contributed by atoms with Crippen LogP contribution in [0.4, 0.5) is 0 Å². The van der Waals surface area contributed by atoms with Crippen LogP contribution >= 0.6 is 0 Å². The third-order valence-electron chi connectivity index (χ3n) is 5.39. The number of ketones is 1. The molecule has 1 saturated heterocycles. The SMILES string of the molecule is COc1cccc(CN2C(=O)C(=O)/C(=C(\O)c3ccccc3OC)C2c2cccnc2)c1. The van der Waals surface area contributed by atoms with Gasteiger partial charge in [-0.25, -0.2) is 0 Å². The first-order valence-corrected chi connectivity index (χ1v) is 9.99. The molecule has 32 heavy (non-hydrogen) atoms. The molecule has 2 aromatic carbocycles. The van der Waals surface area contributed by atoms with Gasteiger partial charge in [-0.1, -0.05) is 30.3 Å². The van der Waals surface area contributed by atoms with Gasteiger partial charge < -0.3 is 19.5 Å². The summed E-state index contributed by atoms with van der Waals surface area (Å²) in [6.45, 7) is 0.157. The summed E-state index contributed by atoms with van der Waals surface area (Å²) < 4.78 is 10.6. The van der Waals surface area contributed by atoms with E-state index < -0.39 is 17.7 Å². The summed E-state index contributed by atoms with van der Waals surface area (Å²) in [6, 6.07) is 16.8. The molecule has 0 saturated carbocycles. The summed E-state index contributed by atoms with van der Waals surface area (Å²) in [7, 11) is 3.04. The second-order valence-corrected chi connectivity index (χ2v) is 7.27. The average Bonchev–Trinajstić information content (AvgIpc) is 3.09. The summed E-state index contributed by atoms with van der Waals surface area (Å²) in [5, 5.41) is 11.2. The highest BCUT2D eigenvalue weighted by molar-refractivity contribution is 6.46. The van der Waals surface area contributed by atoms with Gasteiger partial charge >= 0.3 is 0 Å². The Bertz CT molecular complexity index is 1190. The Labute approximate surface area is 185 Å². The largest absolute Gasteiger partial charge is 0.507 e. The molecule has 0 bridgehead atoms. The molecule has 1 aromatic heterocycles. The van der Waals surface area contributed by atoms with Gasteiger partial charge in [0.15, 0.2) is 0 Å². The van der Waals surface area contributed by atoms with Crippen molar-refractivity contribution in [1.82, 2.24) is 9.88 Å². The summed E-state index contributed by atoms with van der Waals surface area (Å²) >= 11 is 0. The van der Waals surface area contributed by atoms with Gasteiger partial charge in [-0.3, -0.25) is 14.6 Å². The number of aliphatic hydroxyl groups excluding tert-OH is 1. The van der Waals surface area contributed by atoms with Crippen molar-refractivity contribution in [2.45, 2.75) is 12.6 Å². The van der Waals surface area contributed by atoms with Gasteiger partial charge in [0.1, 0.15) is 17.3 Å². The van der Waals surface area contributed by atoms with Gasteiger partial charge in [-0.2, -0.15) is 0 Å². The van der Waals surface area contributed by atoms with Crippen LogP contribution in [0.25, 0.3) is 5.76 Å². The predicted octanol–water partition coefficient (Wildman–Crippen LogP) is 3.72. The lowest BCUT2D eigenvalue weighted by Crippen LogP contribution is -2.29. The number of Topliss-reactive ketones (excluding diaryl/α,β-unsaturated/α-hetero) is 1. The van der Waals surface area contributed by atoms with Crippen LogP contribution in [-0.2, 0) is 16.1 Å². The van der Waals surface area contributed by atoms with Crippen LogP contribution in [0, 0.1) is 0 Å². The molecule has 1 N–H and O–H groups in total. The first-order valence-electron chi connectivity index (χ1n) is 9.99. The van der Waals surface area contributed by atoms with E-state index in [1.807, 2.05) is 12.1 Å². The van der Waals surface area contributed by atoms with E-state index in [0.717, 1.165) is 5.56 Å². The zero-order valence-electron chi connectivity index (χ0n) is 17.7. The Morgan fingerprint density at radius 2 is 1.84 bits per heavy atom. The maximum absolute atomic E-state index is 13.1. The number of benzene rings is 2. The van der Waals surface area contributed by atoms with Crippen LogP contribution in [0.5, 0.6) is 11.5 Å². The lowest BCUT2D eigenvalue weighted by molar-refractivity contribution is -0.140. The van der Waals surface area contributed by atoms with Crippen LogP contribution in [0.15, 0.2) is 78.6 Å². The minimum atomic E-state index is -0.806. The second-order valence-electron chi connectivity index (χ2n) is 7.27. The first-order chi connectivity index (χ1) is 15.5. The molecule has 0 spiro atoms. The van der Waals surface area contributed by atoms with Gasteiger partial charge in [-0.05, 0) is 41.5 Å². The van der Waals surface area contributed by atoms with Gasteiger partial charge in [0, 0.05) is 18.9 Å². The van der Waals surface area contributed by atoms with Crippen molar-refractivity contribution in [2.75, 3.05) is 14.2 Å². The quantitative estimate of drug-likeness (QED) is 0.364. The number of pyridine rings is 1. The van der Waals surface area contributed by atoms with E-state index >= 15 is 0 Å². The third kappa shape index (κ3) is 3.80. The Morgan fingerprint density at radius 1 is 1.03 bits per heavy atom. The summed E-state index contributed by atoms with van der Waals surface area (Å²) in [6.07, 6.45) is 3.20. The zero-order chi connectivity index (χ0) is 22.7. The molecule has 1 unspecified atom stereocenters. The number of para-hydroxylation sites is 1. The Hall–Kier alpha value is -4.13. The van der Waals surface area contributed by atoms with E-state index in [2.05, 4.69) is 4.98 Å². The van der Waals surface area contributed by atoms with Crippen molar-refractivity contribution in [2.24, 2.45) is 0 Å². The summed E-state index contributed by atoms with van der Waals surface area (Å²) in [5.41, 5.74) is 1.74. The fourth-order valence-electron chi connectivity index (χ4n) is 3.88. The van der Waals surface area contributed by atoms with Crippen LogP contribution in [0.2, 0.25) is 0 Å². The molecule has 7 heteroatoms. The molecule has 3 aromatic rings. The van der Waals surface area contributed by atoms with E-state index in [9.17, 15) is 14.7 Å². The van der Waals surface area contributed by atoms with E-state index in [4.69, 9.17) is 9.47 Å². The van der Waals surface area contributed by atoms with Crippen LogP contribution < -0.4 is 9.47 Å². The van der Waals surface area contributed by atoms with Crippen LogP contribution in [-0.4, -0.2) is 40.9 Å². The van der Waals surface area contributed by atoms with E-state index in [0.29, 0.717) is 22.6 Å². The molecular weight excluding hydrogens is 408 g/mol. The molecule has 1 aliphatic rings. The van der Waals surface area contributed by atoms with Crippen molar-refractivity contribution in [3.05, 3.63) is 95.3 Å². The fraction of sp³-hybridized carbons (Fsp3) is 0.160. The normalized spacial score (nSPS) is 17.4. The molecule has 7 nitrogen and oxygen atoms in total.